The van der Waals surface area contributed by atoms with E-state index in [4.69, 9.17) is 5.73 Å². The number of carbonyl (C=O) groups is 1. The van der Waals surface area contributed by atoms with Crippen LogP contribution in [0.2, 0.25) is 0 Å². The maximum Gasteiger partial charge on any atom is 0.224 e. The Morgan fingerprint density at radius 3 is 3.00 bits per heavy atom. The van der Waals surface area contributed by atoms with E-state index in [2.05, 4.69) is 32.8 Å². The SMILES string of the molecule is CNC(=O)C1CCCN(c2ccc(N)cc2I)C1. The van der Waals surface area contributed by atoms with Crippen LogP contribution >= 0.6 is 22.6 Å². The Hall–Kier alpha value is -0.980. The maximum atomic E-state index is 11.7. The molecule has 0 aromatic heterocycles. The van der Waals surface area contributed by atoms with E-state index in [1.165, 1.54) is 5.69 Å². The zero-order valence-corrected chi connectivity index (χ0v) is 12.6. The van der Waals surface area contributed by atoms with Gasteiger partial charge < -0.3 is 16.0 Å². The first-order valence-corrected chi connectivity index (χ1v) is 7.21. The van der Waals surface area contributed by atoms with Crippen LogP contribution in [0.5, 0.6) is 0 Å². The molecule has 0 aliphatic carbocycles. The molecule has 1 aromatic rings. The molecule has 1 saturated heterocycles. The summed E-state index contributed by atoms with van der Waals surface area (Å²) in [6, 6.07) is 5.93. The Morgan fingerprint density at radius 1 is 1.56 bits per heavy atom. The van der Waals surface area contributed by atoms with Crippen molar-refractivity contribution in [1.82, 2.24) is 5.32 Å². The molecule has 1 aliphatic heterocycles. The molecule has 0 radical (unpaired) electrons. The van der Waals surface area contributed by atoms with E-state index in [1.54, 1.807) is 7.05 Å². The van der Waals surface area contributed by atoms with E-state index in [1.807, 2.05) is 18.2 Å². The number of benzene rings is 1. The third kappa shape index (κ3) is 2.88. The number of anilines is 2. The molecule has 1 amide bonds. The number of nitrogens with zero attached hydrogens (tertiary/aromatic N) is 1. The molecule has 4 nitrogen and oxygen atoms in total. The Labute approximate surface area is 121 Å². The number of nitrogens with one attached hydrogen (secondary N) is 1. The monoisotopic (exact) mass is 359 g/mol. The molecular weight excluding hydrogens is 341 g/mol. The summed E-state index contributed by atoms with van der Waals surface area (Å²) in [6.45, 7) is 1.80. The van der Waals surface area contributed by atoms with Crippen LogP contribution in [0.25, 0.3) is 0 Å². The van der Waals surface area contributed by atoms with Gasteiger partial charge in [-0.3, -0.25) is 4.79 Å². The summed E-state index contributed by atoms with van der Waals surface area (Å²) in [5, 5.41) is 2.74. The standard InChI is InChI=1S/C13H18IN3O/c1-16-13(18)9-3-2-6-17(8-9)12-5-4-10(15)7-11(12)14/h4-5,7,9H,2-3,6,8,15H2,1H3,(H,16,18). The lowest BCUT2D eigenvalue weighted by Gasteiger charge is -2.34. The summed E-state index contributed by atoms with van der Waals surface area (Å²) >= 11 is 2.30. The topological polar surface area (TPSA) is 58.4 Å². The second kappa shape index (κ2) is 5.77. The first-order valence-electron chi connectivity index (χ1n) is 6.13. The molecule has 1 aromatic carbocycles. The minimum atomic E-state index is 0.0945. The molecule has 0 bridgehead atoms. The third-order valence-electron chi connectivity index (χ3n) is 3.35. The lowest BCUT2D eigenvalue weighted by molar-refractivity contribution is -0.124. The fourth-order valence-corrected chi connectivity index (χ4v) is 3.27. The molecule has 0 spiro atoms. The number of hydrogen-bond acceptors (Lipinski definition) is 3. The fourth-order valence-electron chi connectivity index (χ4n) is 2.39. The van der Waals surface area contributed by atoms with Gasteiger partial charge in [-0.2, -0.15) is 0 Å². The van der Waals surface area contributed by atoms with E-state index in [-0.39, 0.29) is 11.8 Å². The van der Waals surface area contributed by atoms with Gasteiger partial charge in [-0.15, -0.1) is 0 Å². The number of nitrogen functional groups attached to an aromatic ring is 1. The van der Waals surface area contributed by atoms with Crippen LogP contribution in [0.15, 0.2) is 18.2 Å². The van der Waals surface area contributed by atoms with E-state index in [0.29, 0.717) is 0 Å². The van der Waals surface area contributed by atoms with Crippen LogP contribution < -0.4 is 16.0 Å². The first kappa shape index (κ1) is 13.5. The highest BCUT2D eigenvalue weighted by Crippen LogP contribution is 2.28. The molecule has 3 N–H and O–H groups in total. The number of piperidine rings is 1. The lowest BCUT2D eigenvalue weighted by atomic mass is 9.96. The Morgan fingerprint density at radius 2 is 2.33 bits per heavy atom. The number of hydrogen-bond donors (Lipinski definition) is 2. The van der Waals surface area contributed by atoms with Crippen molar-refractivity contribution in [3.8, 4) is 0 Å². The molecule has 1 heterocycles. The van der Waals surface area contributed by atoms with Gasteiger partial charge in [-0.1, -0.05) is 0 Å². The normalized spacial score (nSPS) is 19.7. The van der Waals surface area contributed by atoms with E-state index < -0.39 is 0 Å². The zero-order valence-electron chi connectivity index (χ0n) is 10.4. The van der Waals surface area contributed by atoms with Gasteiger partial charge in [0.15, 0.2) is 0 Å². The molecule has 1 fully saturated rings. The van der Waals surface area contributed by atoms with Gasteiger partial charge in [0.25, 0.3) is 0 Å². The average molecular weight is 359 g/mol. The van der Waals surface area contributed by atoms with Crippen LogP contribution in [0.4, 0.5) is 11.4 Å². The van der Waals surface area contributed by atoms with E-state index in [9.17, 15) is 4.79 Å². The quantitative estimate of drug-likeness (QED) is 0.626. The van der Waals surface area contributed by atoms with E-state index in [0.717, 1.165) is 35.2 Å². The second-order valence-electron chi connectivity index (χ2n) is 4.61. The molecular formula is C13H18IN3O. The molecule has 1 atom stereocenters. The molecule has 0 saturated carbocycles. The zero-order chi connectivity index (χ0) is 13.1. The van der Waals surface area contributed by atoms with Crippen LogP contribution in [-0.2, 0) is 4.79 Å². The summed E-state index contributed by atoms with van der Waals surface area (Å²) in [5.41, 5.74) is 7.73. The van der Waals surface area contributed by atoms with Gasteiger partial charge in [0.1, 0.15) is 0 Å². The maximum absolute atomic E-state index is 11.7. The largest absolute Gasteiger partial charge is 0.399 e. The fraction of sp³-hybridized carbons (Fsp3) is 0.462. The number of amides is 1. The predicted octanol–water partition coefficient (Wildman–Crippen LogP) is 1.84. The third-order valence-corrected chi connectivity index (χ3v) is 4.22. The molecule has 1 aliphatic rings. The van der Waals surface area contributed by atoms with Gasteiger partial charge in [-0.25, -0.2) is 0 Å². The minimum Gasteiger partial charge on any atom is -0.399 e. The van der Waals surface area contributed by atoms with Crippen molar-refractivity contribution in [2.24, 2.45) is 5.92 Å². The molecule has 5 heteroatoms. The highest BCUT2D eigenvalue weighted by Gasteiger charge is 2.25. The average Bonchev–Trinajstić information content (AvgIpc) is 2.38. The summed E-state index contributed by atoms with van der Waals surface area (Å²) in [6.07, 6.45) is 2.03. The van der Waals surface area contributed by atoms with Gasteiger partial charge in [0.05, 0.1) is 11.6 Å². The Bertz CT molecular complexity index is 450. The molecule has 1 unspecified atom stereocenters. The van der Waals surface area contributed by atoms with Crippen molar-refractivity contribution < 1.29 is 4.79 Å². The smallest absolute Gasteiger partial charge is 0.224 e. The van der Waals surface area contributed by atoms with Crippen molar-refractivity contribution in [2.75, 3.05) is 30.8 Å². The van der Waals surface area contributed by atoms with Crippen molar-refractivity contribution in [2.45, 2.75) is 12.8 Å². The molecule has 2 rings (SSSR count). The van der Waals surface area contributed by atoms with Crippen molar-refractivity contribution in [1.29, 1.82) is 0 Å². The number of rotatable bonds is 2. The minimum absolute atomic E-state index is 0.0945. The highest BCUT2D eigenvalue weighted by atomic mass is 127. The molecule has 18 heavy (non-hydrogen) atoms. The van der Waals surface area contributed by atoms with E-state index >= 15 is 0 Å². The van der Waals surface area contributed by atoms with Crippen LogP contribution in [-0.4, -0.2) is 26.0 Å². The van der Waals surface area contributed by atoms with Crippen molar-refractivity contribution >= 4 is 39.9 Å². The Kier molecular flexibility index (Phi) is 4.31. The van der Waals surface area contributed by atoms with Gasteiger partial charge in [0.2, 0.25) is 5.91 Å². The van der Waals surface area contributed by atoms with Crippen molar-refractivity contribution in [3.05, 3.63) is 21.8 Å². The predicted molar refractivity (Wildman–Crippen MR) is 82.6 cm³/mol. The number of halogens is 1. The van der Waals surface area contributed by atoms with Gasteiger partial charge >= 0.3 is 0 Å². The number of carbonyl (C=O) groups excluding carboxylic acids is 1. The van der Waals surface area contributed by atoms with Gasteiger partial charge in [-0.05, 0) is 53.6 Å². The van der Waals surface area contributed by atoms with Crippen LogP contribution in [0, 0.1) is 9.49 Å². The molecule has 98 valence electrons. The Balaban J connectivity index is 2.15. The first-order chi connectivity index (χ1) is 8.61. The van der Waals surface area contributed by atoms with Gasteiger partial charge in [0, 0.05) is 29.4 Å². The second-order valence-corrected chi connectivity index (χ2v) is 5.77. The van der Waals surface area contributed by atoms with Crippen molar-refractivity contribution in [3.63, 3.8) is 0 Å². The highest BCUT2D eigenvalue weighted by molar-refractivity contribution is 14.1. The summed E-state index contributed by atoms with van der Waals surface area (Å²) < 4.78 is 1.14. The summed E-state index contributed by atoms with van der Waals surface area (Å²) in [4.78, 5) is 14.0. The number of nitrogens with two attached hydrogens (primary N) is 1. The van der Waals surface area contributed by atoms with Crippen LogP contribution in [0.3, 0.4) is 0 Å². The summed E-state index contributed by atoms with van der Waals surface area (Å²) in [7, 11) is 1.70. The van der Waals surface area contributed by atoms with Crippen LogP contribution in [0.1, 0.15) is 12.8 Å². The summed E-state index contributed by atoms with van der Waals surface area (Å²) in [5.74, 6) is 0.238. The lowest BCUT2D eigenvalue weighted by Crippen LogP contribution is -2.42.